The van der Waals surface area contributed by atoms with Crippen molar-refractivity contribution in [1.82, 2.24) is 5.06 Å². The highest BCUT2D eigenvalue weighted by atomic mass is 16.7. The van der Waals surface area contributed by atoms with E-state index in [0.29, 0.717) is 13.2 Å². The highest BCUT2D eigenvalue weighted by Crippen LogP contribution is 2.24. The number of morpholine rings is 1. The van der Waals surface area contributed by atoms with Crippen molar-refractivity contribution in [2.75, 3.05) is 19.8 Å². The highest BCUT2D eigenvalue weighted by Gasteiger charge is 2.25. The van der Waals surface area contributed by atoms with Crippen molar-refractivity contribution in [2.45, 2.75) is 12.6 Å². The van der Waals surface area contributed by atoms with Crippen molar-refractivity contribution >= 4 is 0 Å². The van der Waals surface area contributed by atoms with Crippen LogP contribution >= 0.6 is 0 Å². The Balaban J connectivity index is 1.67. The Morgan fingerprint density at radius 1 is 1.00 bits per heavy atom. The molecule has 1 heterocycles. The van der Waals surface area contributed by atoms with Crippen LogP contribution in [-0.4, -0.2) is 24.8 Å². The maximum atomic E-state index is 5.99. The molecule has 0 aromatic heterocycles. The van der Waals surface area contributed by atoms with Gasteiger partial charge in [0.15, 0.2) is 0 Å². The molecule has 1 aliphatic heterocycles. The van der Waals surface area contributed by atoms with Gasteiger partial charge in [0.1, 0.15) is 0 Å². The number of hydrogen-bond donors (Lipinski definition) is 0. The minimum Gasteiger partial charge on any atom is -0.378 e. The summed E-state index contributed by atoms with van der Waals surface area (Å²) in [5.41, 5.74) is 2.42. The Morgan fingerprint density at radius 2 is 1.70 bits per heavy atom. The molecule has 1 fully saturated rings. The summed E-state index contributed by atoms with van der Waals surface area (Å²) in [6.07, 6.45) is 0. The van der Waals surface area contributed by atoms with Gasteiger partial charge in [0.25, 0.3) is 0 Å². The average Bonchev–Trinajstić information content (AvgIpc) is 2.55. The van der Waals surface area contributed by atoms with Crippen molar-refractivity contribution in [2.24, 2.45) is 0 Å². The monoisotopic (exact) mass is 269 g/mol. The molecular weight excluding hydrogens is 250 g/mol. The van der Waals surface area contributed by atoms with Gasteiger partial charge in [-0.25, -0.2) is 0 Å². The van der Waals surface area contributed by atoms with Gasteiger partial charge in [-0.1, -0.05) is 60.7 Å². The molecule has 104 valence electrons. The number of rotatable bonds is 4. The number of benzene rings is 2. The van der Waals surface area contributed by atoms with Gasteiger partial charge in [0, 0.05) is 6.54 Å². The minimum atomic E-state index is 0.175. The summed E-state index contributed by atoms with van der Waals surface area (Å²) < 4.78 is 5.60. The van der Waals surface area contributed by atoms with Gasteiger partial charge in [-0.3, -0.25) is 4.84 Å². The first-order valence-corrected chi connectivity index (χ1v) is 6.99. The fourth-order valence-electron chi connectivity index (χ4n) is 2.41. The number of ether oxygens (including phenoxy) is 1. The summed E-state index contributed by atoms with van der Waals surface area (Å²) in [4.78, 5) is 5.99. The lowest BCUT2D eigenvalue weighted by atomic mass is 10.1. The van der Waals surface area contributed by atoms with E-state index in [9.17, 15) is 0 Å². The van der Waals surface area contributed by atoms with Gasteiger partial charge in [-0.05, 0) is 11.1 Å². The lowest BCUT2D eigenvalue weighted by Gasteiger charge is -2.34. The second-order valence-corrected chi connectivity index (χ2v) is 4.90. The van der Waals surface area contributed by atoms with E-state index in [0.717, 1.165) is 13.2 Å². The standard InChI is InChI=1S/C17H19NO2/c1-3-7-15(8-4-1)13-20-18-11-12-19-14-17(18)16-9-5-2-6-10-16/h1-10,17H,11-14H2/t17-/m1/s1. The molecule has 3 heteroatoms. The molecule has 0 radical (unpaired) electrons. The van der Waals surface area contributed by atoms with Gasteiger partial charge in [0.05, 0.1) is 25.9 Å². The summed E-state index contributed by atoms with van der Waals surface area (Å²) >= 11 is 0. The number of nitrogens with zero attached hydrogens (tertiary/aromatic N) is 1. The van der Waals surface area contributed by atoms with E-state index in [2.05, 4.69) is 36.4 Å². The van der Waals surface area contributed by atoms with Crippen LogP contribution in [0, 0.1) is 0 Å². The lowest BCUT2D eigenvalue weighted by Crippen LogP contribution is -2.39. The van der Waals surface area contributed by atoms with Gasteiger partial charge >= 0.3 is 0 Å². The molecule has 0 amide bonds. The fourth-order valence-corrected chi connectivity index (χ4v) is 2.41. The van der Waals surface area contributed by atoms with Gasteiger partial charge in [-0.15, -0.1) is 0 Å². The van der Waals surface area contributed by atoms with Crippen LogP contribution in [0.15, 0.2) is 60.7 Å². The topological polar surface area (TPSA) is 21.7 Å². The molecule has 2 aromatic carbocycles. The molecular formula is C17H19NO2. The quantitative estimate of drug-likeness (QED) is 0.851. The number of hydrogen-bond acceptors (Lipinski definition) is 3. The van der Waals surface area contributed by atoms with E-state index < -0.39 is 0 Å². The molecule has 0 aliphatic carbocycles. The maximum absolute atomic E-state index is 5.99. The van der Waals surface area contributed by atoms with E-state index in [4.69, 9.17) is 9.57 Å². The molecule has 0 N–H and O–H groups in total. The summed E-state index contributed by atoms with van der Waals surface area (Å²) in [6.45, 7) is 2.80. The van der Waals surface area contributed by atoms with Crippen molar-refractivity contribution in [3.05, 3.63) is 71.8 Å². The van der Waals surface area contributed by atoms with Crippen molar-refractivity contribution < 1.29 is 9.57 Å². The van der Waals surface area contributed by atoms with Crippen LogP contribution in [0.5, 0.6) is 0 Å². The molecule has 3 rings (SSSR count). The third kappa shape index (κ3) is 3.25. The molecule has 1 aliphatic rings. The molecule has 0 unspecified atom stereocenters. The third-order valence-electron chi connectivity index (χ3n) is 3.50. The molecule has 3 nitrogen and oxygen atoms in total. The molecule has 0 saturated carbocycles. The summed E-state index contributed by atoms with van der Waals surface area (Å²) in [7, 11) is 0. The Bertz CT molecular complexity index is 515. The fraction of sp³-hybridized carbons (Fsp3) is 0.294. The molecule has 2 aromatic rings. The summed E-state index contributed by atoms with van der Waals surface area (Å²) in [5, 5.41) is 2.05. The van der Waals surface area contributed by atoms with Gasteiger partial charge in [-0.2, -0.15) is 5.06 Å². The molecule has 0 bridgehead atoms. The zero-order valence-corrected chi connectivity index (χ0v) is 11.4. The zero-order chi connectivity index (χ0) is 13.6. The molecule has 1 atom stereocenters. The highest BCUT2D eigenvalue weighted by molar-refractivity contribution is 5.19. The van der Waals surface area contributed by atoms with E-state index >= 15 is 0 Å². The first-order valence-electron chi connectivity index (χ1n) is 6.99. The predicted octanol–water partition coefficient (Wildman–Crippen LogP) is 3.19. The lowest BCUT2D eigenvalue weighted by molar-refractivity contribution is -0.235. The largest absolute Gasteiger partial charge is 0.378 e. The van der Waals surface area contributed by atoms with Crippen LogP contribution in [0.1, 0.15) is 17.2 Å². The normalized spacial score (nSPS) is 19.9. The van der Waals surface area contributed by atoms with Crippen LogP contribution in [0.25, 0.3) is 0 Å². The average molecular weight is 269 g/mol. The Kier molecular flexibility index (Phi) is 4.43. The number of hydroxylamine groups is 2. The van der Waals surface area contributed by atoms with Crippen molar-refractivity contribution in [3.8, 4) is 0 Å². The first kappa shape index (κ1) is 13.3. The Morgan fingerprint density at radius 3 is 2.45 bits per heavy atom. The van der Waals surface area contributed by atoms with Gasteiger partial charge < -0.3 is 4.74 Å². The second kappa shape index (κ2) is 6.66. The third-order valence-corrected chi connectivity index (χ3v) is 3.50. The summed E-state index contributed by atoms with van der Waals surface area (Å²) in [5.74, 6) is 0. The smallest absolute Gasteiger partial charge is 0.0936 e. The summed E-state index contributed by atoms with van der Waals surface area (Å²) in [6, 6.07) is 20.8. The zero-order valence-electron chi connectivity index (χ0n) is 11.4. The predicted molar refractivity (Wildman–Crippen MR) is 77.9 cm³/mol. The minimum absolute atomic E-state index is 0.175. The SMILES string of the molecule is c1ccc(CON2CCOC[C@@H]2c2ccccc2)cc1. The molecule has 1 saturated heterocycles. The van der Waals surface area contributed by atoms with E-state index in [1.165, 1.54) is 11.1 Å². The van der Waals surface area contributed by atoms with E-state index in [1.807, 2.05) is 29.3 Å². The van der Waals surface area contributed by atoms with Gasteiger partial charge in [0.2, 0.25) is 0 Å². The Labute approximate surface area is 119 Å². The van der Waals surface area contributed by atoms with E-state index in [-0.39, 0.29) is 6.04 Å². The van der Waals surface area contributed by atoms with Crippen molar-refractivity contribution in [1.29, 1.82) is 0 Å². The van der Waals surface area contributed by atoms with Crippen molar-refractivity contribution in [3.63, 3.8) is 0 Å². The Hall–Kier alpha value is -1.68. The first-order chi connectivity index (χ1) is 9.93. The molecule has 0 spiro atoms. The maximum Gasteiger partial charge on any atom is 0.0936 e. The second-order valence-electron chi connectivity index (χ2n) is 4.90. The van der Waals surface area contributed by atoms with Crippen LogP contribution < -0.4 is 0 Å². The molecule has 20 heavy (non-hydrogen) atoms. The van der Waals surface area contributed by atoms with Crippen LogP contribution in [0.2, 0.25) is 0 Å². The van der Waals surface area contributed by atoms with E-state index in [1.54, 1.807) is 0 Å². The van der Waals surface area contributed by atoms with Crippen LogP contribution in [-0.2, 0) is 16.2 Å². The van der Waals surface area contributed by atoms with Crippen LogP contribution in [0.3, 0.4) is 0 Å². The van der Waals surface area contributed by atoms with Crippen LogP contribution in [0.4, 0.5) is 0 Å².